The number of carbonyl (C=O) groups excluding carboxylic acids is 2. The molecule has 2 aliphatic carbocycles. The highest BCUT2D eigenvalue weighted by molar-refractivity contribution is 7.14. The second kappa shape index (κ2) is 7.00. The minimum absolute atomic E-state index is 0.324. The van der Waals surface area contributed by atoms with Crippen LogP contribution in [0.1, 0.15) is 46.4 Å². The molecule has 1 aromatic heterocycles. The van der Waals surface area contributed by atoms with Gasteiger partial charge in [-0.3, -0.25) is 0 Å². The molecule has 0 saturated heterocycles. The Morgan fingerprint density at radius 3 is 2.12 bits per heavy atom. The van der Waals surface area contributed by atoms with Gasteiger partial charge in [0.1, 0.15) is 0 Å². The SMILES string of the molecule is O=C(OCC1CC1)c1csc(-c2ccccc2)c1C(=O)OCC1CC1. The molecule has 2 aromatic rings. The molecule has 0 spiro atoms. The zero-order valence-electron chi connectivity index (χ0n) is 13.9. The Kier molecular flexibility index (Phi) is 4.57. The smallest absolute Gasteiger partial charge is 0.340 e. The molecular weight excluding hydrogens is 336 g/mol. The molecule has 0 aliphatic heterocycles. The molecule has 4 nitrogen and oxygen atoms in total. The third-order valence-electron chi connectivity index (χ3n) is 4.55. The summed E-state index contributed by atoms with van der Waals surface area (Å²) < 4.78 is 10.9. The first-order valence-corrected chi connectivity index (χ1v) is 9.61. The van der Waals surface area contributed by atoms with E-state index in [9.17, 15) is 9.59 Å². The summed E-state index contributed by atoms with van der Waals surface area (Å²) in [5, 5.41) is 1.71. The van der Waals surface area contributed by atoms with Crippen LogP contribution in [0.5, 0.6) is 0 Å². The van der Waals surface area contributed by atoms with Crippen molar-refractivity contribution in [2.24, 2.45) is 11.8 Å². The van der Waals surface area contributed by atoms with E-state index in [1.807, 2.05) is 30.3 Å². The second-order valence-corrected chi connectivity index (χ2v) is 7.68. The summed E-state index contributed by atoms with van der Waals surface area (Å²) in [5.74, 6) is 0.114. The molecule has 0 amide bonds. The minimum atomic E-state index is -0.427. The fraction of sp³-hybridized carbons (Fsp3) is 0.400. The summed E-state index contributed by atoms with van der Waals surface area (Å²) in [6.07, 6.45) is 4.45. The molecule has 0 bridgehead atoms. The quantitative estimate of drug-likeness (QED) is 0.683. The Hall–Kier alpha value is -2.14. The molecule has 2 saturated carbocycles. The lowest BCUT2D eigenvalue weighted by molar-refractivity contribution is 0.0441. The predicted molar refractivity (Wildman–Crippen MR) is 95.8 cm³/mol. The first-order valence-electron chi connectivity index (χ1n) is 8.73. The lowest BCUT2D eigenvalue weighted by atomic mass is 10.1. The number of carbonyl (C=O) groups is 2. The molecule has 0 radical (unpaired) electrons. The van der Waals surface area contributed by atoms with Crippen molar-refractivity contribution < 1.29 is 19.1 Å². The van der Waals surface area contributed by atoms with Crippen LogP contribution in [0.4, 0.5) is 0 Å². The van der Waals surface area contributed by atoms with Crippen molar-refractivity contribution in [3.05, 3.63) is 46.8 Å². The van der Waals surface area contributed by atoms with Gasteiger partial charge in [-0.2, -0.15) is 0 Å². The van der Waals surface area contributed by atoms with Crippen LogP contribution < -0.4 is 0 Å². The summed E-state index contributed by atoms with van der Waals surface area (Å²) in [7, 11) is 0. The molecule has 2 fully saturated rings. The van der Waals surface area contributed by atoms with Crippen molar-refractivity contribution in [3.8, 4) is 10.4 Å². The molecule has 5 heteroatoms. The van der Waals surface area contributed by atoms with E-state index in [0.29, 0.717) is 36.2 Å². The summed E-state index contributed by atoms with van der Waals surface area (Å²) in [6.45, 7) is 0.866. The summed E-state index contributed by atoms with van der Waals surface area (Å²) >= 11 is 1.38. The molecule has 2 aliphatic rings. The zero-order chi connectivity index (χ0) is 17.2. The summed E-state index contributed by atoms with van der Waals surface area (Å²) in [5.41, 5.74) is 1.58. The number of hydrogen-bond donors (Lipinski definition) is 0. The van der Waals surface area contributed by atoms with E-state index in [2.05, 4.69) is 0 Å². The predicted octanol–water partition coefficient (Wildman–Crippen LogP) is 4.55. The maximum Gasteiger partial charge on any atom is 0.340 e. The lowest BCUT2D eigenvalue weighted by Gasteiger charge is -2.08. The fourth-order valence-electron chi connectivity index (χ4n) is 2.62. The van der Waals surface area contributed by atoms with Crippen molar-refractivity contribution >= 4 is 23.3 Å². The number of thiophene rings is 1. The number of hydrogen-bond acceptors (Lipinski definition) is 5. The maximum absolute atomic E-state index is 12.7. The van der Waals surface area contributed by atoms with E-state index in [1.165, 1.54) is 11.3 Å². The van der Waals surface area contributed by atoms with Gasteiger partial charge in [0, 0.05) is 10.3 Å². The topological polar surface area (TPSA) is 52.6 Å². The van der Waals surface area contributed by atoms with Crippen molar-refractivity contribution in [1.29, 1.82) is 0 Å². The van der Waals surface area contributed by atoms with Crippen LogP contribution >= 0.6 is 11.3 Å². The monoisotopic (exact) mass is 356 g/mol. The number of rotatable bonds is 7. The van der Waals surface area contributed by atoms with Crippen LogP contribution in [0.25, 0.3) is 10.4 Å². The second-order valence-electron chi connectivity index (χ2n) is 6.80. The van der Waals surface area contributed by atoms with Crippen molar-refractivity contribution in [2.75, 3.05) is 13.2 Å². The number of benzene rings is 1. The Bertz CT molecular complexity index is 772. The molecule has 130 valence electrons. The Morgan fingerprint density at radius 1 is 0.920 bits per heavy atom. The number of ether oxygens (including phenoxy) is 2. The van der Waals surface area contributed by atoms with E-state index in [-0.39, 0.29) is 0 Å². The molecule has 1 aromatic carbocycles. The summed E-state index contributed by atoms with van der Waals surface area (Å²) in [6, 6.07) is 9.62. The maximum atomic E-state index is 12.7. The van der Waals surface area contributed by atoms with Crippen LogP contribution in [-0.2, 0) is 9.47 Å². The van der Waals surface area contributed by atoms with Crippen molar-refractivity contribution in [3.63, 3.8) is 0 Å². The molecule has 0 atom stereocenters. The third-order valence-corrected chi connectivity index (χ3v) is 5.57. The Balaban J connectivity index is 1.61. The Morgan fingerprint density at radius 2 is 1.52 bits per heavy atom. The standard InChI is InChI=1S/C20H20O4S/c21-19(23-10-13-6-7-13)16-12-25-18(15-4-2-1-3-5-15)17(16)20(22)24-11-14-8-9-14/h1-5,12-14H,6-11H2. The highest BCUT2D eigenvalue weighted by Gasteiger charge is 2.30. The summed E-state index contributed by atoms with van der Waals surface area (Å²) in [4.78, 5) is 25.9. The van der Waals surface area contributed by atoms with Gasteiger partial charge < -0.3 is 9.47 Å². The van der Waals surface area contributed by atoms with E-state index in [4.69, 9.17) is 9.47 Å². The van der Waals surface area contributed by atoms with Crippen LogP contribution in [0, 0.1) is 11.8 Å². The van der Waals surface area contributed by atoms with Gasteiger partial charge in [-0.1, -0.05) is 30.3 Å². The van der Waals surface area contributed by atoms with Gasteiger partial charge in [0.05, 0.1) is 24.3 Å². The van der Waals surface area contributed by atoms with Crippen LogP contribution in [-0.4, -0.2) is 25.2 Å². The van der Waals surface area contributed by atoms with Gasteiger partial charge in [0.25, 0.3) is 0 Å². The van der Waals surface area contributed by atoms with Crippen molar-refractivity contribution in [1.82, 2.24) is 0 Å². The molecule has 4 rings (SSSR count). The lowest BCUT2D eigenvalue weighted by Crippen LogP contribution is -2.14. The first kappa shape index (κ1) is 16.3. The van der Waals surface area contributed by atoms with Gasteiger partial charge >= 0.3 is 11.9 Å². The van der Waals surface area contributed by atoms with Gasteiger partial charge in [-0.05, 0) is 43.1 Å². The van der Waals surface area contributed by atoms with Gasteiger partial charge in [-0.15, -0.1) is 11.3 Å². The first-order chi connectivity index (χ1) is 12.2. The van der Waals surface area contributed by atoms with Crippen LogP contribution in [0.2, 0.25) is 0 Å². The van der Waals surface area contributed by atoms with Crippen LogP contribution in [0.15, 0.2) is 35.7 Å². The van der Waals surface area contributed by atoms with Crippen molar-refractivity contribution in [2.45, 2.75) is 25.7 Å². The van der Waals surface area contributed by atoms with Gasteiger partial charge in [0.15, 0.2) is 0 Å². The van der Waals surface area contributed by atoms with E-state index >= 15 is 0 Å². The minimum Gasteiger partial charge on any atom is -0.462 e. The van der Waals surface area contributed by atoms with E-state index in [0.717, 1.165) is 36.1 Å². The highest BCUT2D eigenvalue weighted by atomic mass is 32.1. The largest absolute Gasteiger partial charge is 0.462 e. The molecule has 0 N–H and O–H groups in total. The molecule has 1 heterocycles. The molecule has 0 unspecified atom stereocenters. The fourth-order valence-corrected chi connectivity index (χ4v) is 3.65. The highest BCUT2D eigenvalue weighted by Crippen LogP contribution is 2.36. The van der Waals surface area contributed by atoms with E-state index < -0.39 is 11.9 Å². The average molecular weight is 356 g/mol. The van der Waals surface area contributed by atoms with Gasteiger partial charge in [-0.25, -0.2) is 9.59 Å². The average Bonchev–Trinajstić information content (AvgIpc) is 3.56. The van der Waals surface area contributed by atoms with Gasteiger partial charge in [0.2, 0.25) is 0 Å². The third kappa shape index (κ3) is 3.93. The number of esters is 2. The molecule has 25 heavy (non-hydrogen) atoms. The Labute approximate surface area is 150 Å². The normalized spacial score (nSPS) is 16.5. The van der Waals surface area contributed by atoms with E-state index in [1.54, 1.807) is 5.38 Å². The zero-order valence-corrected chi connectivity index (χ0v) is 14.7. The van der Waals surface area contributed by atoms with Crippen LogP contribution in [0.3, 0.4) is 0 Å². The molecular formula is C20H20O4S.